The molecule has 1 amide bonds. The van der Waals surface area contributed by atoms with Crippen molar-refractivity contribution < 1.29 is 28.5 Å². The van der Waals surface area contributed by atoms with Gasteiger partial charge in [0.15, 0.2) is 17.1 Å². The summed E-state index contributed by atoms with van der Waals surface area (Å²) in [4.78, 5) is 18.5. The van der Waals surface area contributed by atoms with Crippen LogP contribution in [0.25, 0.3) is 11.1 Å². The van der Waals surface area contributed by atoms with Gasteiger partial charge in [0.1, 0.15) is 30.9 Å². The highest BCUT2D eigenvalue weighted by Gasteiger charge is 2.34. The molecule has 8 heteroatoms. The minimum atomic E-state index is -0.850. The van der Waals surface area contributed by atoms with Crippen LogP contribution >= 0.6 is 0 Å². The van der Waals surface area contributed by atoms with Crippen molar-refractivity contribution >= 4 is 17.0 Å². The zero-order chi connectivity index (χ0) is 19.8. The average Bonchev–Trinajstić information content (AvgIpc) is 3.19. The van der Waals surface area contributed by atoms with Crippen molar-refractivity contribution in [1.29, 1.82) is 0 Å². The van der Waals surface area contributed by atoms with Gasteiger partial charge in [0.2, 0.25) is 5.75 Å². The second-order valence-corrected chi connectivity index (χ2v) is 7.03. The van der Waals surface area contributed by atoms with Crippen molar-refractivity contribution in [2.75, 3.05) is 26.3 Å². The van der Waals surface area contributed by atoms with E-state index in [2.05, 4.69) is 4.98 Å². The standard InChI is InChI=1S/C21H20N2O6/c24-14-12-23(21(25)20-22-13-4-1-2-5-15(13)29-20)9-8-16(14)28-18-7-3-6-17-19(18)27-11-10-26-17/h1-7,14,16,24H,8-12H2/t14-,16-/m1/s1. The molecule has 2 aromatic carbocycles. The molecule has 0 spiro atoms. The van der Waals surface area contributed by atoms with E-state index < -0.39 is 12.2 Å². The summed E-state index contributed by atoms with van der Waals surface area (Å²) in [5.74, 6) is 1.40. The third kappa shape index (κ3) is 3.36. The fraction of sp³-hybridized carbons (Fsp3) is 0.333. The van der Waals surface area contributed by atoms with Crippen molar-refractivity contribution in [3.63, 3.8) is 0 Å². The minimum Gasteiger partial charge on any atom is -0.486 e. The topological polar surface area (TPSA) is 94.3 Å². The highest BCUT2D eigenvalue weighted by molar-refractivity contribution is 5.92. The van der Waals surface area contributed by atoms with Gasteiger partial charge in [0, 0.05) is 13.0 Å². The van der Waals surface area contributed by atoms with Crippen molar-refractivity contribution in [3.8, 4) is 17.2 Å². The SMILES string of the molecule is O=C(c1nc2ccccc2o1)N1CC[C@@H](Oc2cccc3c2OCCO3)[C@H](O)C1. The lowest BCUT2D eigenvalue weighted by atomic mass is 10.0. The number of carbonyl (C=O) groups is 1. The van der Waals surface area contributed by atoms with Gasteiger partial charge in [-0.25, -0.2) is 4.98 Å². The third-order valence-corrected chi connectivity index (χ3v) is 5.09. The molecule has 2 aliphatic rings. The molecular weight excluding hydrogens is 376 g/mol. The molecule has 29 heavy (non-hydrogen) atoms. The fourth-order valence-electron chi connectivity index (χ4n) is 3.63. The number of oxazole rings is 1. The molecule has 3 aromatic rings. The number of aromatic nitrogens is 1. The number of amides is 1. The number of aliphatic hydroxyl groups excluding tert-OH is 1. The minimum absolute atomic E-state index is 0.0282. The molecule has 0 bridgehead atoms. The first-order valence-electron chi connectivity index (χ1n) is 9.57. The Morgan fingerprint density at radius 1 is 1.14 bits per heavy atom. The average molecular weight is 396 g/mol. The number of likely N-dealkylation sites (tertiary alicyclic amines) is 1. The predicted octanol–water partition coefficient (Wildman–Crippen LogP) is 2.25. The number of piperidine rings is 1. The Hall–Kier alpha value is -3.26. The quantitative estimate of drug-likeness (QED) is 0.726. The Labute approximate surface area is 166 Å². The van der Waals surface area contributed by atoms with E-state index in [1.165, 1.54) is 4.90 Å². The number of hydrogen-bond acceptors (Lipinski definition) is 7. The molecular formula is C21H20N2O6. The Morgan fingerprint density at radius 2 is 2.00 bits per heavy atom. The van der Waals surface area contributed by atoms with Crippen LogP contribution in [0, 0.1) is 0 Å². The molecule has 150 valence electrons. The van der Waals surface area contributed by atoms with E-state index in [1.54, 1.807) is 18.2 Å². The maximum Gasteiger partial charge on any atom is 0.309 e. The van der Waals surface area contributed by atoms with Crippen molar-refractivity contribution in [2.24, 2.45) is 0 Å². The van der Waals surface area contributed by atoms with Crippen LogP contribution in [0.4, 0.5) is 0 Å². The van der Waals surface area contributed by atoms with Crippen LogP contribution < -0.4 is 14.2 Å². The van der Waals surface area contributed by atoms with E-state index in [0.717, 1.165) is 0 Å². The largest absolute Gasteiger partial charge is 0.486 e. The van der Waals surface area contributed by atoms with E-state index in [1.807, 2.05) is 24.3 Å². The second kappa shape index (κ2) is 7.29. The van der Waals surface area contributed by atoms with Crippen molar-refractivity contribution in [1.82, 2.24) is 9.88 Å². The first-order chi connectivity index (χ1) is 14.2. The molecule has 1 saturated heterocycles. The summed E-state index contributed by atoms with van der Waals surface area (Å²) in [7, 11) is 0. The number of rotatable bonds is 3. The number of β-amino-alcohol motifs (C(OH)–C–C–N with tert-alkyl or cyclic N) is 1. The van der Waals surface area contributed by atoms with E-state index in [-0.39, 0.29) is 18.3 Å². The fourth-order valence-corrected chi connectivity index (χ4v) is 3.63. The molecule has 0 unspecified atom stereocenters. The summed E-state index contributed by atoms with van der Waals surface area (Å²) in [6.45, 7) is 1.50. The van der Waals surface area contributed by atoms with Crippen LogP contribution in [0.3, 0.4) is 0 Å². The molecule has 0 aliphatic carbocycles. The summed E-state index contributed by atoms with van der Waals surface area (Å²) in [5, 5.41) is 10.6. The van der Waals surface area contributed by atoms with Gasteiger partial charge in [-0.2, -0.15) is 0 Å². The highest BCUT2D eigenvalue weighted by atomic mass is 16.6. The summed E-state index contributed by atoms with van der Waals surface area (Å²) >= 11 is 0. The molecule has 8 nitrogen and oxygen atoms in total. The predicted molar refractivity (Wildman–Crippen MR) is 102 cm³/mol. The molecule has 1 aromatic heterocycles. The normalized spacial score (nSPS) is 21.2. The summed E-state index contributed by atoms with van der Waals surface area (Å²) in [6, 6.07) is 12.6. The number of fused-ring (bicyclic) bond motifs is 2. The Morgan fingerprint density at radius 3 is 2.86 bits per heavy atom. The molecule has 2 atom stereocenters. The molecule has 0 radical (unpaired) electrons. The number of hydrogen-bond donors (Lipinski definition) is 1. The van der Waals surface area contributed by atoms with Gasteiger partial charge in [-0.15, -0.1) is 0 Å². The molecule has 1 N–H and O–H groups in total. The molecule has 1 fully saturated rings. The lowest BCUT2D eigenvalue weighted by Crippen LogP contribution is -2.51. The zero-order valence-corrected chi connectivity index (χ0v) is 15.6. The molecule has 0 saturated carbocycles. The maximum absolute atomic E-state index is 12.8. The zero-order valence-electron chi connectivity index (χ0n) is 15.6. The Bertz CT molecular complexity index is 1020. The number of carbonyl (C=O) groups excluding carboxylic acids is 1. The van der Waals surface area contributed by atoms with E-state index in [4.69, 9.17) is 18.6 Å². The van der Waals surface area contributed by atoms with Crippen LogP contribution in [0.15, 0.2) is 46.9 Å². The molecule has 5 rings (SSSR count). The van der Waals surface area contributed by atoms with Gasteiger partial charge in [0.25, 0.3) is 5.89 Å². The van der Waals surface area contributed by atoms with Crippen molar-refractivity contribution in [3.05, 3.63) is 48.4 Å². The van der Waals surface area contributed by atoms with Gasteiger partial charge in [0.05, 0.1) is 6.54 Å². The van der Waals surface area contributed by atoms with Crippen LogP contribution in [0.5, 0.6) is 17.2 Å². The smallest absolute Gasteiger partial charge is 0.309 e. The van der Waals surface area contributed by atoms with Crippen LogP contribution in [-0.4, -0.2) is 59.4 Å². The van der Waals surface area contributed by atoms with Gasteiger partial charge in [-0.1, -0.05) is 18.2 Å². The number of ether oxygens (including phenoxy) is 3. The summed E-state index contributed by atoms with van der Waals surface area (Å²) < 4.78 is 22.8. The van der Waals surface area contributed by atoms with Crippen LogP contribution in [0.2, 0.25) is 0 Å². The summed E-state index contributed by atoms with van der Waals surface area (Å²) in [6.07, 6.45) is -0.838. The van der Waals surface area contributed by atoms with Gasteiger partial charge < -0.3 is 28.6 Å². The van der Waals surface area contributed by atoms with Crippen molar-refractivity contribution in [2.45, 2.75) is 18.6 Å². The maximum atomic E-state index is 12.8. The van der Waals surface area contributed by atoms with Crippen LogP contribution in [-0.2, 0) is 0 Å². The number of benzene rings is 2. The number of aliphatic hydroxyl groups is 1. The van der Waals surface area contributed by atoms with E-state index in [0.29, 0.717) is 54.5 Å². The Kier molecular flexibility index (Phi) is 4.48. The van der Waals surface area contributed by atoms with Gasteiger partial charge >= 0.3 is 5.91 Å². The van der Waals surface area contributed by atoms with E-state index >= 15 is 0 Å². The lowest BCUT2D eigenvalue weighted by Gasteiger charge is -2.35. The molecule has 3 heterocycles. The second-order valence-electron chi connectivity index (χ2n) is 7.03. The highest BCUT2D eigenvalue weighted by Crippen LogP contribution is 2.40. The van der Waals surface area contributed by atoms with Gasteiger partial charge in [-0.3, -0.25) is 4.79 Å². The number of nitrogens with zero attached hydrogens (tertiary/aromatic N) is 2. The first-order valence-corrected chi connectivity index (χ1v) is 9.57. The number of para-hydroxylation sites is 3. The molecule has 2 aliphatic heterocycles. The summed E-state index contributed by atoms with van der Waals surface area (Å²) in [5.41, 5.74) is 1.19. The van der Waals surface area contributed by atoms with Crippen LogP contribution in [0.1, 0.15) is 17.1 Å². The third-order valence-electron chi connectivity index (χ3n) is 5.09. The Balaban J connectivity index is 1.28. The monoisotopic (exact) mass is 396 g/mol. The first kappa shape index (κ1) is 17.8. The van der Waals surface area contributed by atoms with Gasteiger partial charge in [-0.05, 0) is 24.3 Å². The van der Waals surface area contributed by atoms with E-state index in [9.17, 15) is 9.90 Å². The lowest BCUT2D eigenvalue weighted by molar-refractivity contribution is -0.0223.